The first-order valence-corrected chi connectivity index (χ1v) is 9.07. The number of fused-ring (bicyclic) bond motifs is 1. The number of hydrogen-bond donors (Lipinski definition) is 1. The van der Waals surface area contributed by atoms with Crippen molar-refractivity contribution in [2.24, 2.45) is 0 Å². The summed E-state index contributed by atoms with van der Waals surface area (Å²) in [5, 5.41) is 7.58. The number of carbonyl (C=O) groups is 1. The molecule has 1 aliphatic carbocycles. The molecule has 136 valence electrons. The van der Waals surface area contributed by atoms with E-state index in [9.17, 15) is 9.18 Å². The van der Waals surface area contributed by atoms with Gasteiger partial charge in [-0.15, -0.1) is 0 Å². The van der Waals surface area contributed by atoms with Crippen LogP contribution in [0.4, 0.5) is 10.1 Å². The fraction of sp³-hybridized carbons (Fsp3) is 0.300. The van der Waals surface area contributed by atoms with Gasteiger partial charge >= 0.3 is 0 Å². The number of aromatic nitrogens is 4. The van der Waals surface area contributed by atoms with E-state index >= 15 is 0 Å². The Morgan fingerprint density at radius 2 is 2.11 bits per heavy atom. The number of nitrogens with one attached hydrogen (secondary N) is 1. The fourth-order valence-electron chi connectivity index (χ4n) is 3.62. The van der Waals surface area contributed by atoms with E-state index in [-0.39, 0.29) is 24.1 Å². The van der Waals surface area contributed by atoms with Gasteiger partial charge < -0.3 is 5.32 Å². The quantitative estimate of drug-likeness (QED) is 0.773. The summed E-state index contributed by atoms with van der Waals surface area (Å²) in [5.74, 6) is 1.06. The molecule has 3 heterocycles. The summed E-state index contributed by atoms with van der Waals surface area (Å²) in [6.45, 7) is 1.96. The van der Waals surface area contributed by atoms with Crippen LogP contribution in [0.15, 0.2) is 36.7 Å². The zero-order valence-electron chi connectivity index (χ0n) is 14.8. The topological polar surface area (TPSA) is 72.7 Å². The van der Waals surface area contributed by atoms with Crippen molar-refractivity contribution in [2.75, 3.05) is 5.32 Å². The number of benzene rings is 1. The summed E-state index contributed by atoms with van der Waals surface area (Å²) in [6, 6.07) is 6.33. The standard InChI is InChI=1S/C20H18FN5O/c1-11-10-22-7-6-17(11)26-20(24-19(25-26)12-2-3-12)15-9-18(27)23-16-5-4-13(21)8-14(15)16/h4-8,10,12,15H,2-3,9H2,1H3,(H,23,27)/t15-/m1/s1. The van der Waals surface area contributed by atoms with Gasteiger partial charge in [0.15, 0.2) is 5.82 Å². The van der Waals surface area contributed by atoms with Crippen molar-refractivity contribution in [2.45, 2.75) is 38.0 Å². The van der Waals surface area contributed by atoms with Gasteiger partial charge in [0.1, 0.15) is 11.6 Å². The highest BCUT2D eigenvalue weighted by molar-refractivity contribution is 5.95. The molecule has 3 aromatic rings. The molecule has 0 bridgehead atoms. The summed E-state index contributed by atoms with van der Waals surface area (Å²) in [4.78, 5) is 21.2. The lowest BCUT2D eigenvalue weighted by Gasteiger charge is -2.25. The van der Waals surface area contributed by atoms with Gasteiger partial charge in [0.2, 0.25) is 5.91 Å². The highest BCUT2D eigenvalue weighted by atomic mass is 19.1. The van der Waals surface area contributed by atoms with Gasteiger partial charge in [-0.25, -0.2) is 14.1 Å². The van der Waals surface area contributed by atoms with E-state index in [1.165, 1.54) is 12.1 Å². The molecule has 27 heavy (non-hydrogen) atoms. The van der Waals surface area contributed by atoms with Crippen LogP contribution in [0.1, 0.15) is 53.9 Å². The van der Waals surface area contributed by atoms with E-state index in [1.807, 2.05) is 17.7 Å². The Hall–Kier alpha value is -3.09. The number of amides is 1. The fourth-order valence-corrected chi connectivity index (χ4v) is 3.62. The van der Waals surface area contributed by atoms with E-state index < -0.39 is 0 Å². The van der Waals surface area contributed by atoms with Crippen LogP contribution in [0.3, 0.4) is 0 Å². The average molecular weight is 363 g/mol. The summed E-state index contributed by atoms with van der Waals surface area (Å²) >= 11 is 0. The monoisotopic (exact) mass is 363 g/mol. The molecule has 2 aliphatic rings. The van der Waals surface area contributed by atoms with Crippen molar-refractivity contribution in [3.63, 3.8) is 0 Å². The predicted octanol–water partition coefficient (Wildman–Crippen LogP) is 3.46. The maximum absolute atomic E-state index is 13.9. The number of nitrogens with zero attached hydrogens (tertiary/aromatic N) is 4. The molecular weight excluding hydrogens is 345 g/mol. The lowest BCUT2D eigenvalue weighted by atomic mass is 9.89. The first-order chi connectivity index (χ1) is 13.1. The lowest BCUT2D eigenvalue weighted by Crippen LogP contribution is -2.25. The van der Waals surface area contributed by atoms with Crippen LogP contribution in [0.2, 0.25) is 0 Å². The Morgan fingerprint density at radius 1 is 1.26 bits per heavy atom. The highest BCUT2D eigenvalue weighted by Gasteiger charge is 2.35. The minimum Gasteiger partial charge on any atom is -0.326 e. The third-order valence-corrected chi connectivity index (χ3v) is 5.17. The number of hydrogen-bond acceptors (Lipinski definition) is 4. The van der Waals surface area contributed by atoms with E-state index in [1.54, 1.807) is 18.5 Å². The lowest BCUT2D eigenvalue weighted by molar-refractivity contribution is -0.116. The molecule has 1 aliphatic heterocycles. The second kappa shape index (κ2) is 5.97. The number of rotatable bonds is 3. The van der Waals surface area contributed by atoms with Gasteiger partial charge in [-0.05, 0) is 55.2 Å². The Labute approximate surface area is 155 Å². The van der Waals surface area contributed by atoms with E-state index in [0.29, 0.717) is 17.4 Å². The van der Waals surface area contributed by atoms with Crippen LogP contribution in [0.25, 0.3) is 5.69 Å². The van der Waals surface area contributed by atoms with Crippen LogP contribution in [0, 0.1) is 12.7 Å². The summed E-state index contributed by atoms with van der Waals surface area (Å²) < 4.78 is 15.8. The molecule has 5 rings (SSSR count). The van der Waals surface area contributed by atoms with E-state index in [0.717, 1.165) is 35.5 Å². The molecular formula is C20H18FN5O. The first-order valence-electron chi connectivity index (χ1n) is 9.07. The van der Waals surface area contributed by atoms with Gasteiger partial charge in [-0.3, -0.25) is 9.78 Å². The van der Waals surface area contributed by atoms with Crippen molar-refractivity contribution in [3.05, 3.63) is 65.3 Å². The van der Waals surface area contributed by atoms with Crippen LogP contribution >= 0.6 is 0 Å². The number of anilines is 1. The van der Waals surface area contributed by atoms with Crippen LogP contribution in [0.5, 0.6) is 0 Å². The van der Waals surface area contributed by atoms with Crippen LogP contribution in [-0.4, -0.2) is 25.7 Å². The normalized spacial score (nSPS) is 18.9. The van der Waals surface area contributed by atoms with Gasteiger partial charge in [0, 0.05) is 30.4 Å². The SMILES string of the molecule is Cc1cnccc1-n1nc(C2CC2)nc1[C@@H]1CC(=O)Nc2ccc(F)cc21. The molecule has 1 N–H and O–H groups in total. The number of halogens is 1. The molecule has 0 unspecified atom stereocenters. The van der Waals surface area contributed by atoms with Crippen molar-refractivity contribution in [1.29, 1.82) is 0 Å². The molecule has 1 fully saturated rings. The summed E-state index contributed by atoms with van der Waals surface area (Å²) in [5.41, 5.74) is 3.21. The minimum atomic E-state index is -0.350. The largest absolute Gasteiger partial charge is 0.326 e. The molecule has 0 radical (unpaired) electrons. The Morgan fingerprint density at radius 3 is 2.89 bits per heavy atom. The Bertz CT molecular complexity index is 1060. The van der Waals surface area contributed by atoms with Crippen LogP contribution < -0.4 is 5.32 Å². The Kier molecular flexibility index (Phi) is 3.56. The maximum Gasteiger partial charge on any atom is 0.225 e. The molecule has 1 saturated carbocycles. The molecule has 1 atom stereocenters. The van der Waals surface area contributed by atoms with Crippen molar-refractivity contribution >= 4 is 11.6 Å². The third kappa shape index (κ3) is 2.79. The van der Waals surface area contributed by atoms with E-state index in [2.05, 4.69) is 10.3 Å². The third-order valence-electron chi connectivity index (χ3n) is 5.17. The van der Waals surface area contributed by atoms with Gasteiger partial charge in [0.25, 0.3) is 0 Å². The van der Waals surface area contributed by atoms with Crippen molar-refractivity contribution in [1.82, 2.24) is 19.7 Å². The zero-order chi connectivity index (χ0) is 18.5. The second-order valence-electron chi connectivity index (χ2n) is 7.21. The average Bonchev–Trinajstić information content (AvgIpc) is 3.41. The smallest absolute Gasteiger partial charge is 0.225 e. The molecule has 1 amide bonds. The molecule has 6 nitrogen and oxygen atoms in total. The van der Waals surface area contributed by atoms with Crippen LogP contribution in [-0.2, 0) is 4.79 Å². The van der Waals surface area contributed by atoms with Gasteiger partial charge in [-0.1, -0.05) is 0 Å². The second-order valence-corrected chi connectivity index (χ2v) is 7.21. The molecule has 7 heteroatoms. The molecule has 0 spiro atoms. The highest BCUT2D eigenvalue weighted by Crippen LogP contribution is 2.42. The number of carbonyl (C=O) groups excluding carboxylic acids is 1. The van der Waals surface area contributed by atoms with E-state index in [4.69, 9.17) is 10.1 Å². The Balaban J connectivity index is 1.70. The predicted molar refractivity (Wildman–Crippen MR) is 97.4 cm³/mol. The van der Waals surface area contributed by atoms with Gasteiger partial charge in [-0.2, -0.15) is 5.10 Å². The first kappa shape index (κ1) is 16.1. The summed E-state index contributed by atoms with van der Waals surface area (Å²) in [6.07, 6.45) is 5.86. The van der Waals surface area contributed by atoms with Gasteiger partial charge in [0.05, 0.1) is 11.6 Å². The minimum absolute atomic E-state index is 0.104. The molecule has 2 aromatic heterocycles. The van der Waals surface area contributed by atoms with Crippen molar-refractivity contribution in [3.8, 4) is 5.69 Å². The maximum atomic E-state index is 13.9. The molecule has 1 aromatic carbocycles. The zero-order valence-corrected chi connectivity index (χ0v) is 14.8. The number of pyridine rings is 1. The molecule has 0 saturated heterocycles. The summed E-state index contributed by atoms with van der Waals surface area (Å²) in [7, 11) is 0. The van der Waals surface area contributed by atoms with Crippen molar-refractivity contribution < 1.29 is 9.18 Å². The number of aryl methyl sites for hydroxylation is 1.